The Balaban J connectivity index is 1.54. The second-order valence-corrected chi connectivity index (χ2v) is 7.67. The van der Waals surface area contributed by atoms with Crippen LogP contribution in [0.25, 0.3) is 0 Å². The van der Waals surface area contributed by atoms with Gasteiger partial charge in [-0.25, -0.2) is 13.2 Å². The van der Waals surface area contributed by atoms with Crippen LogP contribution in [-0.2, 0) is 6.54 Å². The third-order valence-corrected chi connectivity index (χ3v) is 5.96. The molecule has 2 fully saturated rings. The Labute approximate surface area is 157 Å². The summed E-state index contributed by atoms with van der Waals surface area (Å²) in [6.45, 7) is 0.830. The standard InChI is InChI=1S/C22H22F3NO/c23-16-11-19(24)21(20(25)12-16)22(27)15-9-17-7-4-8-18(10-15)26(17)13-14-5-2-1-3-6-14/h1-3,5-6,11-12,15,17-18H,4,7-10,13H2. The van der Waals surface area contributed by atoms with Crippen molar-refractivity contribution < 1.29 is 18.0 Å². The highest BCUT2D eigenvalue weighted by molar-refractivity contribution is 5.98. The molecule has 5 heteroatoms. The molecule has 0 aromatic heterocycles. The van der Waals surface area contributed by atoms with E-state index >= 15 is 0 Å². The third kappa shape index (κ3) is 3.65. The molecule has 2 nitrogen and oxygen atoms in total. The maximum atomic E-state index is 14.1. The van der Waals surface area contributed by atoms with Gasteiger partial charge in [0.05, 0.1) is 5.56 Å². The molecule has 4 rings (SSSR count). The van der Waals surface area contributed by atoms with E-state index in [-0.39, 0.29) is 12.1 Å². The molecule has 0 aliphatic carbocycles. The van der Waals surface area contributed by atoms with E-state index in [0.717, 1.165) is 25.8 Å². The highest BCUT2D eigenvalue weighted by Gasteiger charge is 2.41. The molecule has 2 aliphatic heterocycles. The highest BCUT2D eigenvalue weighted by atomic mass is 19.1. The first kappa shape index (κ1) is 18.2. The fourth-order valence-electron chi connectivity index (χ4n) is 4.73. The van der Waals surface area contributed by atoms with Gasteiger partial charge in [-0.2, -0.15) is 0 Å². The minimum absolute atomic E-state index is 0.234. The Bertz CT molecular complexity index is 802. The number of benzene rings is 2. The Kier molecular flexibility index (Phi) is 5.04. The molecule has 0 saturated carbocycles. The largest absolute Gasteiger partial charge is 0.294 e. The molecule has 0 spiro atoms. The predicted octanol–water partition coefficient (Wildman–Crippen LogP) is 5.12. The van der Waals surface area contributed by atoms with Crippen molar-refractivity contribution in [3.05, 3.63) is 71.0 Å². The van der Waals surface area contributed by atoms with Crippen LogP contribution in [0.3, 0.4) is 0 Å². The molecule has 2 aromatic rings. The van der Waals surface area contributed by atoms with E-state index < -0.39 is 34.7 Å². The van der Waals surface area contributed by atoms with Crippen molar-refractivity contribution in [1.29, 1.82) is 0 Å². The monoisotopic (exact) mass is 373 g/mol. The molecule has 2 heterocycles. The van der Waals surface area contributed by atoms with Gasteiger partial charge in [0.25, 0.3) is 0 Å². The van der Waals surface area contributed by atoms with Crippen LogP contribution in [0.1, 0.15) is 48.0 Å². The van der Waals surface area contributed by atoms with Gasteiger partial charge in [0.1, 0.15) is 17.5 Å². The fourth-order valence-corrected chi connectivity index (χ4v) is 4.73. The summed E-state index contributed by atoms with van der Waals surface area (Å²) in [5.74, 6) is -4.15. The summed E-state index contributed by atoms with van der Waals surface area (Å²) in [6.07, 6.45) is 4.28. The SMILES string of the molecule is O=C(c1c(F)cc(F)cc1F)C1CC2CCCC(C1)N2Cc1ccccc1. The normalized spacial score (nSPS) is 25.4. The molecule has 0 radical (unpaired) electrons. The molecular formula is C22H22F3NO. The number of Topliss-reactive ketones (excluding diaryl/α,β-unsaturated/α-hetero) is 1. The number of nitrogens with zero attached hydrogens (tertiary/aromatic N) is 1. The fraction of sp³-hybridized carbons (Fsp3) is 0.409. The van der Waals surface area contributed by atoms with Crippen LogP contribution >= 0.6 is 0 Å². The predicted molar refractivity (Wildman–Crippen MR) is 96.8 cm³/mol. The molecule has 2 aliphatic rings. The average Bonchev–Trinajstić information content (AvgIpc) is 2.61. The summed E-state index contributed by atoms with van der Waals surface area (Å²) in [7, 11) is 0. The van der Waals surface area contributed by atoms with E-state index in [9.17, 15) is 18.0 Å². The van der Waals surface area contributed by atoms with E-state index in [4.69, 9.17) is 0 Å². The van der Waals surface area contributed by atoms with Crippen molar-refractivity contribution in [3.63, 3.8) is 0 Å². The molecule has 2 unspecified atom stereocenters. The molecule has 27 heavy (non-hydrogen) atoms. The lowest BCUT2D eigenvalue weighted by Gasteiger charge is -2.48. The van der Waals surface area contributed by atoms with Crippen LogP contribution in [0.5, 0.6) is 0 Å². The number of piperidine rings is 2. The van der Waals surface area contributed by atoms with E-state index in [1.165, 1.54) is 5.56 Å². The van der Waals surface area contributed by atoms with Crippen LogP contribution < -0.4 is 0 Å². The van der Waals surface area contributed by atoms with Gasteiger partial charge in [0, 0.05) is 36.7 Å². The number of halogens is 3. The van der Waals surface area contributed by atoms with E-state index in [0.29, 0.717) is 25.0 Å². The molecule has 0 N–H and O–H groups in total. The van der Waals surface area contributed by atoms with Gasteiger partial charge in [-0.05, 0) is 31.2 Å². The van der Waals surface area contributed by atoms with Gasteiger partial charge in [0.15, 0.2) is 5.78 Å². The number of carbonyl (C=O) groups is 1. The molecule has 2 atom stereocenters. The van der Waals surface area contributed by atoms with Crippen molar-refractivity contribution in [2.24, 2.45) is 5.92 Å². The minimum Gasteiger partial charge on any atom is -0.294 e. The van der Waals surface area contributed by atoms with Gasteiger partial charge in [0.2, 0.25) is 0 Å². The van der Waals surface area contributed by atoms with Crippen molar-refractivity contribution in [1.82, 2.24) is 4.90 Å². The summed E-state index contributed by atoms with van der Waals surface area (Å²) < 4.78 is 41.3. The number of hydrogen-bond donors (Lipinski definition) is 0. The van der Waals surface area contributed by atoms with Gasteiger partial charge >= 0.3 is 0 Å². The Morgan fingerprint density at radius 2 is 1.56 bits per heavy atom. The molecule has 2 bridgehead atoms. The first-order valence-electron chi connectivity index (χ1n) is 9.51. The van der Waals surface area contributed by atoms with E-state index in [1.807, 2.05) is 18.2 Å². The molecule has 0 amide bonds. The molecule has 142 valence electrons. The highest BCUT2D eigenvalue weighted by Crippen LogP contribution is 2.39. The van der Waals surface area contributed by atoms with Crippen LogP contribution in [0, 0.1) is 23.4 Å². The Morgan fingerprint density at radius 3 is 2.15 bits per heavy atom. The maximum Gasteiger partial charge on any atom is 0.171 e. The number of hydrogen-bond acceptors (Lipinski definition) is 2. The average molecular weight is 373 g/mol. The Hall–Kier alpha value is -2.14. The molecule has 2 aromatic carbocycles. The lowest BCUT2D eigenvalue weighted by Crippen LogP contribution is -2.52. The zero-order chi connectivity index (χ0) is 19.0. The number of rotatable bonds is 4. The summed E-state index contributed by atoms with van der Waals surface area (Å²) in [5.41, 5.74) is 0.644. The number of fused-ring (bicyclic) bond motifs is 2. The first-order valence-corrected chi connectivity index (χ1v) is 9.51. The van der Waals surface area contributed by atoms with Crippen molar-refractivity contribution in [2.75, 3.05) is 0 Å². The zero-order valence-electron chi connectivity index (χ0n) is 15.0. The van der Waals surface area contributed by atoms with Gasteiger partial charge < -0.3 is 0 Å². The van der Waals surface area contributed by atoms with Gasteiger partial charge in [-0.3, -0.25) is 9.69 Å². The lowest BCUT2D eigenvalue weighted by atomic mass is 9.75. The first-order chi connectivity index (χ1) is 13.0. The summed E-state index contributed by atoms with van der Waals surface area (Å²) in [4.78, 5) is 15.3. The minimum atomic E-state index is -1.10. The van der Waals surface area contributed by atoms with Gasteiger partial charge in [-0.15, -0.1) is 0 Å². The smallest absolute Gasteiger partial charge is 0.171 e. The lowest BCUT2D eigenvalue weighted by molar-refractivity contribution is 0.00882. The van der Waals surface area contributed by atoms with Crippen molar-refractivity contribution >= 4 is 5.78 Å². The van der Waals surface area contributed by atoms with Crippen molar-refractivity contribution in [3.8, 4) is 0 Å². The topological polar surface area (TPSA) is 20.3 Å². The van der Waals surface area contributed by atoms with Gasteiger partial charge in [-0.1, -0.05) is 36.8 Å². The van der Waals surface area contributed by atoms with Crippen LogP contribution in [0.4, 0.5) is 13.2 Å². The molecular weight excluding hydrogens is 351 g/mol. The second kappa shape index (κ2) is 7.47. The van der Waals surface area contributed by atoms with Crippen LogP contribution in [0.2, 0.25) is 0 Å². The number of carbonyl (C=O) groups excluding carboxylic acids is 1. The van der Waals surface area contributed by atoms with E-state index in [1.54, 1.807) is 0 Å². The summed E-state index contributed by atoms with van der Waals surface area (Å²) >= 11 is 0. The maximum absolute atomic E-state index is 14.1. The Morgan fingerprint density at radius 1 is 0.963 bits per heavy atom. The van der Waals surface area contributed by atoms with Crippen LogP contribution in [-0.4, -0.2) is 22.8 Å². The summed E-state index contributed by atoms with van der Waals surface area (Å²) in [5, 5.41) is 0. The zero-order valence-corrected chi connectivity index (χ0v) is 15.0. The third-order valence-electron chi connectivity index (χ3n) is 5.96. The van der Waals surface area contributed by atoms with Crippen LogP contribution in [0.15, 0.2) is 42.5 Å². The quantitative estimate of drug-likeness (QED) is 0.694. The summed E-state index contributed by atoms with van der Waals surface area (Å²) in [6, 6.07) is 11.8. The molecule has 2 saturated heterocycles. The van der Waals surface area contributed by atoms with E-state index in [2.05, 4.69) is 17.0 Å². The van der Waals surface area contributed by atoms with Crippen molar-refractivity contribution in [2.45, 2.75) is 50.7 Å². The second-order valence-electron chi connectivity index (χ2n) is 7.67. The number of ketones is 1.